The fourth-order valence-electron chi connectivity index (χ4n) is 1.41. The molecular formula is C11H12N2O3S. The van der Waals surface area contributed by atoms with Crippen LogP contribution in [0, 0.1) is 6.92 Å². The molecule has 0 radical (unpaired) electrons. The normalized spacial score (nSPS) is 10.4. The molecule has 0 saturated heterocycles. The largest absolute Gasteiger partial charge is 0.491 e. The fourth-order valence-corrected chi connectivity index (χ4v) is 2.07. The minimum Gasteiger partial charge on any atom is -0.491 e. The maximum Gasteiger partial charge on any atom is 0.346 e. The summed E-state index contributed by atoms with van der Waals surface area (Å²) in [6, 6.07) is 1.54. The number of hydrogen-bond acceptors (Lipinski definition) is 4. The Balaban J connectivity index is 1.86. The summed E-state index contributed by atoms with van der Waals surface area (Å²) in [4.78, 5) is 15.1. The molecule has 0 fully saturated rings. The van der Waals surface area contributed by atoms with Crippen molar-refractivity contribution in [2.24, 2.45) is 0 Å². The highest BCUT2D eigenvalue weighted by Crippen LogP contribution is 2.21. The number of hydrogen-bond donors (Lipinski definition) is 1. The molecule has 0 aliphatic heterocycles. The van der Waals surface area contributed by atoms with E-state index in [0.717, 1.165) is 5.82 Å². The summed E-state index contributed by atoms with van der Waals surface area (Å²) in [5, 5.41) is 10.5. The van der Waals surface area contributed by atoms with Crippen LogP contribution in [0.1, 0.15) is 15.5 Å². The van der Waals surface area contributed by atoms with E-state index < -0.39 is 5.97 Å². The molecule has 17 heavy (non-hydrogen) atoms. The number of ether oxygens (including phenoxy) is 1. The van der Waals surface area contributed by atoms with E-state index in [9.17, 15) is 4.79 Å². The number of aromatic carboxylic acids is 1. The third-order valence-corrected chi connectivity index (χ3v) is 3.21. The van der Waals surface area contributed by atoms with E-state index in [1.807, 2.05) is 17.7 Å². The highest BCUT2D eigenvalue weighted by molar-refractivity contribution is 7.12. The van der Waals surface area contributed by atoms with Crippen LogP contribution in [0.15, 0.2) is 23.8 Å². The van der Waals surface area contributed by atoms with Crippen molar-refractivity contribution in [2.75, 3.05) is 6.61 Å². The molecule has 0 aromatic carbocycles. The average Bonchev–Trinajstić information content (AvgIpc) is 2.89. The zero-order valence-electron chi connectivity index (χ0n) is 9.29. The molecule has 2 heterocycles. The van der Waals surface area contributed by atoms with Gasteiger partial charge in [0.2, 0.25) is 0 Å². The zero-order chi connectivity index (χ0) is 12.3. The Labute approximate surface area is 102 Å². The molecule has 2 rings (SSSR count). The van der Waals surface area contributed by atoms with E-state index in [4.69, 9.17) is 9.84 Å². The summed E-state index contributed by atoms with van der Waals surface area (Å²) in [5.41, 5.74) is 0. The van der Waals surface area contributed by atoms with Crippen molar-refractivity contribution in [1.82, 2.24) is 9.55 Å². The lowest BCUT2D eigenvalue weighted by Crippen LogP contribution is -2.08. The van der Waals surface area contributed by atoms with Gasteiger partial charge in [0, 0.05) is 23.8 Å². The van der Waals surface area contributed by atoms with Crippen molar-refractivity contribution >= 4 is 17.3 Å². The minimum absolute atomic E-state index is 0.291. The molecule has 0 bridgehead atoms. The van der Waals surface area contributed by atoms with Gasteiger partial charge in [-0.25, -0.2) is 9.78 Å². The molecule has 0 amide bonds. The molecule has 0 atom stereocenters. The summed E-state index contributed by atoms with van der Waals surface area (Å²) in [7, 11) is 0. The van der Waals surface area contributed by atoms with Gasteiger partial charge >= 0.3 is 5.97 Å². The van der Waals surface area contributed by atoms with Crippen molar-refractivity contribution in [3.05, 3.63) is 34.5 Å². The molecule has 1 N–H and O–H groups in total. The summed E-state index contributed by atoms with van der Waals surface area (Å²) in [6.45, 7) is 3.12. The highest BCUT2D eigenvalue weighted by atomic mass is 32.1. The smallest absolute Gasteiger partial charge is 0.346 e. The van der Waals surface area contributed by atoms with Crippen molar-refractivity contribution in [3.8, 4) is 5.75 Å². The summed E-state index contributed by atoms with van der Waals surface area (Å²) in [5.74, 6) is 0.616. The second kappa shape index (κ2) is 5.01. The van der Waals surface area contributed by atoms with Crippen LogP contribution >= 0.6 is 11.3 Å². The number of aryl methyl sites for hydroxylation is 1. The second-order valence-electron chi connectivity index (χ2n) is 3.47. The number of carboxylic acid groups (broad SMARTS) is 1. The van der Waals surface area contributed by atoms with E-state index in [2.05, 4.69) is 4.98 Å². The monoisotopic (exact) mass is 252 g/mol. The van der Waals surface area contributed by atoms with Gasteiger partial charge in [-0.1, -0.05) is 0 Å². The lowest BCUT2D eigenvalue weighted by atomic mass is 10.4. The second-order valence-corrected chi connectivity index (χ2v) is 4.38. The number of aromatic nitrogens is 2. The standard InChI is InChI=1S/C11H12N2O3S/c1-8-12-2-3-13(8)4-5-16-9-6-10(11(14)15)17-7-9/h2-3,6-7H,4-5H2,1H3,(H,14,15). The molecule has 0 spiro atoms. The predicted octanol–water partition coefficient (Wildman–Crippen LogP) is 2.03. The number of rotatable bonds is 5. The van der Waals surface area contributed by atoms with Crippen LogP contribution in [-0.2, 0) is 6.54 Å². The van der Waals surface area contributed by atoms with Gasteiger partial charge in [-0.15, -0.1) is 11.3 Å². The molecule has 2 aromatic rings. The maximum atomic E-state index is 10.7. The van der Waals surface area contributed by atoms with Crippen molar-refractivity contribution < 1.29 is 14.6 Å². The predicted molar refractivity (Wildman–Crippen MR) is 63.7 cm³/mol. The summed E-state index contributed by atoms with van der Waals surface area (Å²) >= 11 is 1.17. The Morgan fingerprint density at radius 1 is 1.65 bits per heavy atom. The SMILES string of the molecule is Cc1nccn1CCOc1csc(C(=O)O)c1. The molecule has 0 saturated carbocycles. The first-order valence-electron chi connectivity index (χ1n) is 5.09. The zero-order valence-corrected chi connectivity index (χ0v) is 10.1. The first-order chi connectivity index (χ1) is 8.16. The fraction of sp³-hybridized carbons (Fsp3) is 0.273. The summed E-state index contributed by atoms with van der Waals surface area (Å²) in [6.07, 6.45) is 3.62. The molecule has 0 unspecified atom stereocenters. The molecule has 5 nitrogen and oxygen atoms in total. The molecular weight excluding hydrogens is 240 g/mol. The van der Waals surface area contributed by atoms with Crippen molar-refractivity contribution in [3.63, 3.8) is 0 Å². The number of nitrogens with zero attached hydrogens (tertiary/aromatic N) is 2. The first-order valence-corrected chi connectivity index (χ1v) is 5.97. The van der Waals surface area contributed by atoms with Gasteiger partial charge in [-0.3, -0.25) is 0 Å². The Kier molecular flexibility index (Phi) is 3.43. The van der Waals surface area contributed by atoms with Gasteiger partial charge in [0.15, 0.2) is 0 Å². The molecule has 0 aliphatic carbocycles. The van der Waals surface area contributed by atoms with Crippen LogP contribution in [0.3, 0.4) is 0 Å². The van der Waals surface area contributed by atoms with E-state index >= 15 is 0 Å². The quantitative estimate of drug-likeness (QED) is 0.884. The van der Waals surface area contributed by atoms with E-state index in [-0.39, 0.29) is 0 Å². The van der Waals surface area contributed by atoms with E-state index in [1.165, 1.54) is 17.4 Å². The Bertz CT molecular complexity index is 518. The minimum atomic E-state index is -0.921. The van der Waals surface area contributed by atoms with Crippen LogP contribution in [-0.4, -0.2) is 27.2 Å². The Morgan fingerprint density at radius 2 is 2.47 bits per heavy atom. The Hall–Kier alpha value is -1.82. The molecule has 6 heteroatoms. The van der Waals surface area contributed by atoms with E-state index in [1.54, 1.807) is 11.6 Å². The number of carboxylic acids is 1. The van der Waals surface area contributed by atoms with Gasteiger partial charge < -0.3 is 14.4 Å². The van der Waals surface area contributed by atoms with E-state index in [0.29, 0.717) is 23.8 Å². The van der Waals surface area contributed by atoms with Crippen molar-refractivity contribution in [2.45, 2.75) is 13.5 Å². The number of carbonyl (C=O) groups is 1. The van der Waals surface area contributed by atoms with Gasteiger partial charge in [-0.05, 0) is 6.92 Å². The molecule has 90 valence electrons. The van der Waals surface area contributed by atoms with Gasteiger partial charge in [0.05, 0.1) is 6.54 Å². The number of thiophene rings is 1. The van der Waals surface area contributed by atoms with Gasteiger partial charge in [-0.2, -0.15) is 0 Å². The van der Waals surface area contributed by atoms with Crippen molar-refractivity contribution in [1.29, 1.82) is 0 Å². The molecule has 2 aromatic heterocycles. The van der Waals surface area contributed by atoms with Gasteiger partial charge in [0.25, 0.3) is 0 Å². The van der Waals surface area contributed by atoms with Crippen LogP contribution in [0.25, 0.3) is 0 Å². The Morgan fingerprint density at radius 3 is 3.06 bits per heavy atom. The highest BCUT2D eigenvalue weighted by Gasteiger charge is 2.07. The lowest BCUT2D eigenvalue weighted by molar-refractivity contribution is 0.0702. The third-order valence-electron chi connectivity index (χ3n) is 2.31. The van der Waals surface area contributed by atoms with Crippen LogP contribution in [0.5, 0.6) is 5.75 Å². The van der Waals surface area contributed by atoms with Crippen LogP contribution in [0.4, 0.5) is 0 Å². The molecule has 0 aliphatic rings. The van der Waals surface area contributed by atoms with Crippen LogP contribution in [0.2, 0.25) is 0 Å². The van der Waals surface area contributed by atoms with Gasteiger partial charge in [0.1, 0.15) is 23.1 Å². The number of imidazole rings is 1. The lowest BCUT2D eigenvalue weighted by Gasteiger charge is -2.05. The topological polar surface area (TPSA) is 64.4 Å². The average molecular weight is 252 g/mol. The maximum absolute atomic E-state index is 10.7. The third kappa shape index (κ3) is 2.85. The summed E-state index contributed by atoms with van der Waals surface area (Å²) < 4.78 is 7.44. The van der Waals surface area contributed by atoms with Crippen LogP contribution < -0.4 is 4.74 Å². The first kappa shape index (κ1) is 11.7.